The highest BCUT2D eigenvalue weighted by atomic mass is 16.2. The van der Waals surface area contributed by atoms with Crippen LogP contribution in [-0.2, 0) is 0 Å². The second kappa shape index (κ2) is 4.88. The molecule has 0 aliphatic heterocycles. The first-order valence-corrected chi connectivity index (χ1v) is 5.28. The molecule has 8 nitrogen and oxygen atoms in total. The fourth-order valence-electron chi connectivity index (χ4n) is 1.70. The Morgan fingerprint density at radius 2 is 1.79 bits per heavy atom. The normalized spacial score (nSPS) is 10.2. The number of nitrogen functional groups attached to an aromatic ring is 3. The summed E-state index contributed by atoms with van der Waals surface area (Å²) in [5.74, 6) is 9.13. The molecule has 1 heterocycles. The van der Waals surface area contributed by atoms with Crippen molar-refractivity contribution in [3.63, 3.8) is 0 Å². The molecular formula is C11H12N6O2. The van der Waals surface area contributed by atoms with Gasteiger partial charge in [-0.1, -0.05) is 0 Å². The first-order chi connectivity index (χ1) is 9.08. The SMILES string of the molecule is NNC(=O)c1ccc2c(N)c(C(=O)NN)cnc2c1. The average molecular weight is 260 g/mol. The summed E-state index contributed by atoms with van der Waals surface area (Å²) < 4.78 is 0. The highest BCUT2D eigenvalue weighted by Crippen LogP contribution is 2.23. The van der Waals surface area contributed by atoms with Gasteiger partial charge in [-0.25, -0.2) is 11.7 Å². The lowest BCUT2D eigenvalue weighted by Crippen LogP contribution is -2.31. The molecule has 0 aliphatic carbocycles. The summed E-state index contributed by atoms with van der Waals surface area (Å²) in [5.41, 5.74) is 11.1. The molecule has 0 bridgehead atoms. The molecule has 8 heteroatoms. The molecule has 0 aliphatic rings. The van der Waals surface area contributed by atoms with Crippen LogP contribution in [0.1, 0.15) is 20.7 Å². The van der Waals surface area contributed by atoms with Crippen molar-refractivity contribution in [3.8, 4) is 0 Å². The molecule has 2 rings (SSSR count). The molecule has 98 valence electrons. The Bertz CT molecular complexity index is 670. The Morgan fingerprint density at radius 3 is 2.42 bits per heavy atom. The first-order valence-electron chi connectivity index (χ1n) is 5.28. The van der Waals surface area contributed by atoms with Crippen molar-refractivity contribution in [1.82, 2.24) is 15.8 Å². The molecule has 0 saturated heterocycles. The zero-order valence-electron chi connectivity index (χ0n) is 9.81. The monoisotopic (exact) mass is 260 g/mol. The van der Waals surface area contributed by atoms with E-state index in [1.54, 1.807) is 6.07 Å². The summed E-state index contributed by atoms with van der Waals surface area (Å²) in [6.07, 6.45) is 1.30. The van der Waals surface area contributed by atoms with Crippen LogP contribution in [0.5, 0.6) is 0 Å². The van der Waals surface area contributed by atoms with E-state index in [4.69, 9.17) is 17.4 Å². The zero-order chi connectivity index (χ0) is 14.0. The van der Waals surface area contributed by atoms with Gasteiger partial charge >= 0.3 is 0 Å². The van der Waals surface area contributed by atoms with Crippen molar-refractivity contribution in [2.75, 3.05) is 5.73 Å². The maximum Gasteiger partial charge on any atom is 0.268 e. The largest absolute Gasteiger partial charge is 0.397 e. The third-order valence-corrected chi connectivity index (χ3v) is 2.68. The molecule has 0 fully saturated rings. The number of carbonyl (C=O) groups is 2. The summed E-state index contributed by atoms with van der Waals surface area (Å²) >= 11 is 0. The second-order valence-electron chi connectivity index (χ2n) is 3.76. The predicted molar refractivity (Wildman–Crippen MR) is 69.5 cm³/mol. The smallest absolute Gasteiger partial charge is 0.268 e. The molecule has 2 amide bonds. The van der Waals surface area contributed by atoms with Crippen LogP contribution >= 0.6 is 0 Å². The molecule has 0 unspecified atom stereocenters. The third kappa shape index (κ3) is 2.17. The predicted octanol–water partition coefficient (Wildman–Crippen LogP) is -0.976. The number of nitrogens with one attached hydrogen (secondary N) is 2. The minimum atomic E-state index is -0.532. The number of nitrogens with zero attached hydrogens (tertiary/aromatic N) is 1. The Labute approximate surface area is 107 Å². The van der Waals surface area contributed by atoms with Crippen LogP contribution in [0.25, 0.3) is 10.9 Å². The molecule has 19 heavy (non-hydrogen) atoms. The van der Waals surface area contributed by atoms with Gasteiger partial charge in [-0.2, -0.15) is 0 Å². The molecule has 0 atom stereocenters. The minimum Gasteiger partial charge on any atom is -0.397 e. The number of benzene rings is 1. The molecule has 0 spiro atoms. The first kappa shape index (κ1) is 12.7. The van der Waals surface area contributed by atoms with E-state index in [9.17, 15) is 9.59 Å². The molecule has 8 N–H and O–H groups in total. The van der Waals surface area contributed by atoms with Crippen LogP contribution in [0.15, 0.2) is 24.4 Å². The molecule has 0 radical (unpaired) electrons. The summed E-state index contributed by atoms with van der Waals surface area (Å²) in [7, 11) is 0. The van der Waals surface area contributed by atoms with Crippen LogP contribution in [0.3, 0.4) is 0 Å². The van der Waals surface area contributed by atoms with E-state index < -0.39 is 11.8 Å². The number of nitrogens with two attached hydrogens (primary N) is 3. The Hall–Kier alpha value is -2.71. The van der Waals surface area contributed by atoms with Crippen LogP contribution in [-0.4, -0.2) is 16.8 Å². The number of hydrogen-bond donors (Lipinski definition) is 5. The van der Waals surface area contributed by atoms with Gasteiger partial charge in [0.05, 0.1) is 16.8 Å². The van der Waals surface area contributed by atoms with E-state index in [-0.39, 0.29) is 11.3 Å². The van der Waals surface area contributed by atoms with Gasteiger partial charge in [0.25, 0.3) is 11.8 Å². The van der Waals surface area contributed by atoms with Gasteiger partial charge in [0.15, 0.2) is 0 Å². The zero-order valence-corrected chi connectivity index (χ0v) is 9.81. The van der Waals surface area contributed by atoms with Crippen molar-refractivity contribution >= 4 is 28.4 Å². The summed E-state index contributed by atoms with van der Waals surface area (Å²) in [6, 6.07) is 4.65. The number of carbonyl (C=O) groups excluding carboxylic acids is 2. The number of aromatic nitrogens is 1. The van der Waals surface area contributed by atoms with E-state index in [1.165, 1.54) is 18.3 Å². The lowest BCUT2D eigenvalue weighted by molar-refractivity contribution is 0.0945. The molecular weight excluding hydrogens is 248 g/mol. The molecule has 0 saturated carbocycles. The maximum atomic E-state index is 11.5. The van der Waals surface area contributed by atoms with Gasteiger partial charge in [0.2, 0.25) is 0 Å². The summed E-state index contributed by atoms with van der Waals surface area (Å²) in [6.45, 7) is 0. The molecule has 1 aromatic carbocycles. The maximum absolute atomic E-state index is 11.5. The quantitative estimate of drug-likeness (QED) is 0.266. The van der Waals surface area contributed by atoms with E-state index in [0.29, 0.717) is 16.5 Å². The number of hydrogen-bond acceptors (Lipinski definition) is 6. The van der Waals surface area contributed by atoms with Crippen LogP contribution in [0.2, 0.25) is 0 Å². The number of amides is 2. The van der Waals surface area contributed by atoms with Crippen molar-refractivity contribution in [3.05, 3.63) is 35.5 Å². The average Bonchev–Trinajstić information content (AvgIpc) is 2.45. The Kier molecular flexibility index (Phi) is 3.27. The Balaban J connectivity index is 2.60. The van der Waals surface area contributed by atoms with Gasteiger partial charge in [0.1, 0.15) is 0 Å². The van der Waals surface area contributed by atoms with Crippen molar-refractivity contribution < 1.29 is 9.59 Å². The minimum absolute atomic E-state index is 0.172. The van der Waals surface area contributed by atoms with E-state index >= 15 is 0 Å². The number of pyridine rings is 1. The Morgan fingerprint density at radius 1 is 1.11 bits per heavy atom. The fourth-order valence-corrected chi connectivity index (χ4v) is 1.70. The van der Waals surface area contributed by atoms with Crippen LogP contribution in [0, 0.1) is 0 Å². The van der Waals surface area contributed by atoms with Gasteiger partial charge in [0, 0.05) is 17.1 Å². The highest BCUT2D eigenvalue weighted by molar-refractivity contribution is 6.07. The highest BCUT2D eigenvalue weighted by Gasteiger charge is 2.13. The van der Waals surface area contributed by atoms with E-state index in [0.717, 1.165) is 0 Å². The molecule has 2 aromatic rings. The fraction of sp³-hybridized carbons (Fsp3) is 0. The van der Waals surface area contributed by atoms with E-state index in [1.807, 2.05) is 10.9 Å². The van der Waals surface area contributed by atoms with Crippen LogP contribution in [0.4, 0.5) is 5.69 Å². The number of fused-ring (bicyclic) bond motifs is 1. The lowest BCUT2D eigenvalue weighted by Gasteiger charge is -2.08. The summed E-state index contributed by atoms with van der Waals surface area (Å²) in [4.78, 5) is 26.9. The molecule has 1 aromatic heterocycles. The van der Waals surface area contributed by atoms with Gasteiger partial charge in [-0.3, -0.25) is 25.4 Å². The van der Waals surface area contributed by atoms with E-state index in [2.05, 4.69) is 4.98 Å². The topological polar surface area (TPSA) is 149 Å². The van der Waals surface area contributed by atoms with Crippen molar-refractivity contribution in [1.29, 1.82) is 0 Å². The number of rotatable bonds is 2. The standard InChI is InChI=1S/C11H12N6O2/c12-9-6-2-1-5(10(18)16-13)3-8(6)15-4-7(9)11(19)17-14/h1-4H,13-14H2,(H2,12,15)(H,16,18)(H,17,19). The van der Waals surface area contributed by atoms with Gasteiger partial charge < -0.3 is 5.73 Å². The number of hydrazine groups is 2. The van der Waals surface area contributed by atoms with Gasteiger partial charge in [-0.05, 0) is 18.2 Å². The lowest BCUT2D eigenvalue weighted by atomic mass is 10.1. The second-order valence-corrected chi connectivity index (χ2v) is 3.76. The van der Waals surface area contributed by atoms with Crippen molar-refractivity contribution in [2.24, 2.45) is 11.7 Å². The van der Waals surface area contributed by atoms with Crippen LogP contribution < -0.4 is 28.3 Å². The van der Waals surface area contributed by atoms with Crippen molar-refractivity contribution in [2.45, 2.75) is 0 Å². The number of anilines is 1. The van der Waals surface area contributed by atoms with Gasteiger partial charge in [-0.15, -0.1) is 0 Å². The third-order valence-electron chi connectivity index (χ3n) is 2.68. The summed E-state index contributed by atoms with van der Waals surface area (Å²) in [5, 5.41) is 0.551.